The normalized spacial score (nSPS) is 19.7. The first-order valence-electron chi connectivity index (χ1n) is 8.82. The molecule has 3 nitrogen and oxygen atoms in total. The summed E-state index contributed by atoms with van der Waals surface area (Å²) in [5, 5.41) is 0. The Bertz CT molecular complexity index is 611. The number of benzene rings is 2. The number of ether oxygens (including phenoxy) is 2. The van der Waals surface area contributed by atoms with Gasteiger partial charge in [-0.3, -0.25) is 0 Å². The number of rotatable bonds is 6. The SMILES string of the molecule is COc1ccc(OC(CC2CCCCN2C)c2ccccc2)cc1. The van der Waals surface area contributed by atoms with Gasteiger partial charge < -0.3 is 14.4 Å². The number of hydrogen-bond acceptors (Lipinski definition) is 3. The van der Waals surface area contributed by atoms with Crippen molar-refractivity contribution >= 4 is 0 Å². The largest absolute Gasteiger partial charge is 0.497 e. The predicted molar refractivity (Wildman–Crippen MR) is 97.7 cm³/mol. The highest BCUT2D eigenvalue weighted by atomic mass is 16.5. The van der Waals surface area contributed by atoms with Crippen LogP contribution in [0.2, 0.25) is 0 Å². The van der Waals surface area contributed by atoms with Gasteiger partial charge in [-0.1, -0.05) is 36.8 Å². The van der Waals surface area contributed by atoms with Gasteiger partial charge in [0.25, 0.3) is 0 Å². The first-order chi connectivity index (χ1) is 11.8. The minimum absolute atomic E-state index is 0.0742. The maximum Gasteiger partial charge on any atom is 0.125 e. The van der Waals surface area contributed by atoms with E-state index in [1.165, 1.54) is 31.4 Å². The Morgan fingerprint density at radius 2 is 1.71 bits per heavy atom. The highest BCUT2D eigenvalue weighted by Gasteiger charge is 2.25. The molecule has 1 heterocycles. The Balaban J connectivity index is 1.76. The summed E-state index contributed by atoms with van der Waals surface area (Å²) >= 11 is 0. The fraction of sp³-hybridized carbons (Fsp3) is 0.429. The highest BCUT2D eigenvalue weighted by Crippen LogP contribution is 2.31. The van der Waals surface area contributed by atoms with Gasteiger partial charge in [0, 0.05) is 12.5 Å². The smallest absolute Gasteiger partial charge is 0.125 e. The van der Waals surface area contributed by atoms with Gasteiger partial charge in [0.15, 0.2) is 0 Å². The number of nitrogens with zero attached hydrogens (tertiary/aromatic N) is 1. The molecule has 0 saturated carbocycles. The molecule has 1 aliphatic heterocycles. The number of methoxy groups -OCH3 is 1. The number of piperidine rings is 1. The predicted octanol–water partition coefficient (Wildman–Crippen LogP) is 4.69. The molecular weight excluding hydrogens is 298 g/mol. The molecule has 0 aromatic heterocycles. The van der Waals surface area contributed by atoms with Gasteiger partial charge >= 0.3 is 0 Å². The Morgan fingerprint density at radius 1 is 1.00 bits per heavy atom. The summed E-state index contributed by atoms with van der Waals surface area (Å²) in [4.78, 5) is 2.48. The van der Waals surface area contributed by atoms with Gasteiger partial charge in [-0.05, 0) is 56.3 Å². The third-order valence-corrected chi connectivity index (χ3v) is 4.92. The molecule has 2 aromatic rings. The van der Waals surface area contributed by atoms with E-state index in [1.54, 1.807) is 7.11 Å². The first-order valence-corrected chi connectivity index (χ1v) is 8.82. The van der Waals surface area contributed by atoms with Crippen LogP contribution in [0.15, 0.2) is 54.6 Å². The summed E-state index contributed by atoms with van der Waals surface area (Å²) in [5.41, 5.74) is 1.24. The third kappa shape index (κ3) is 4.30. The fourth-order valence-electron chi connectivity index (χ4n) is 3.43. The summed E-state index contributed by atoms with van der Waals surface area (Å²) in [6, 6.07) is 19.0. The summed E-state index contributed by atoms with van der Waals surface area (Å²) in [6.45, 7) is 1.19. The van der Waals surface area contributed by atoms with Gasteiger partial charge in [0.1, 0.15) is 17.6 Å². The van der Waals surface area contributed by atoms with Crippen LogP contribution in [0.1, 0.15) is 37.4 Å². The van der Waals surface area contributed by atoms with Crippen molar-refractivity contribution in [2.75, 3.05) is 20.7 Å². The monoisotopic (exact) mass is 325 g/mol. The van der Waals surface area contributed by atoms with Crippen LogP contribution in [-0.4, -0.2) is 31.6 Å². The maximum atomic E-state index is 6.37. The van der Waals surface area contributed by atoms with Gasteiger partial charge in [0.2, 0.25) is 0 Å². The van der Waals surface area contributed by atoms with E-state index in [-0.39, 0.29) is 6.10 Å². The van der Waals surface area contributed by atoms with Crippen molar-refractivity contribution in [3.63, 3.8) is 0 Å². The average Bonchev–Trinajstić information content (AvgIpc) is 2.64. The van der Waals surface area contributed by atoms with E-state index in [1.807, 2.05) is 24.3 Å². The van der Waals surface area contributed by atoms with Crippen LogP contribution in [0.25, 0.3) is 0 Å². The lowest BCUT2D eigenvalue weighted by Crippen LogP contribution is -2.37. The Labute approximate surface area is 145 Å². The molecule has 0 aliphatic carbocycles. The van der Waals surface area contributed by atoms with Crippen molar-refractivity contribution in [3.05, 3.63) is 60.2 Å². The molecule has 0 amide bonds. The highest BCUT2D eigenvalue weighted by molar-refractivity contribution is 5.32. The van der Waals surface area contributed by atoms with Crippen LogP contribution >= 0.6 is 0 Å². The van der Waals surface area contributed by atoms with Crippen LogP contribution in [0.3, 0.4) is 0 Å². The second-order valence-corrected chi connectivity index (χ2v) is 6.56. The lowest BCUT2D eigenvalue weighted by Gasteiger charge is -2.35. The molecule has 3 rings (SSSR count). The van der Waals surface area contributed by atoms with E-state index in [0.29, 0.717) is 6.04 Å². The van der Waals surface area contributed by atoms with E-state index < -0.39 is 0 Å². The van der Waals surface area contributed by atoms with Crippen molar-refractivity contribution in [1.82, 2.24) is 4.90 Å². The van der Waals surface area contributed by atoms with Gasteiger partial charge in [-0.2, -0.15) is 0 Å². The Morgan fingerprint density at radius 3 is 2.38 bits per heavy atom. The zero-order valence-electron chi connectivity index (χ0n) is 14.7. The summed E-state index contributed by atoms with van der Waals surface area (Å²) in [6.07, 6.45) is 4.98. The van der Waals surface area contributed by atoms with Crippen molar-refractivity contribution in [3.8, 4) is 11.5 Å². The van der Waals surface area contributed by atoms with Crippen LogP contribution in [-0.2, 0) is 0 Å². The summed E-state index contributed by atoms with van der Waals surface area (Å²) in [5.74, 6) is 1.74. The lowest BCUT2D eigenvalue weighted by molar-refractivity contribution is 0.109. The van der Waals surface area contributed by atoms with E-state index in [9.17, 15) is 0 Å². The number of likely N-dealkylation sites (tertiary alicyclic amines) is 1. The van der Waals surface area contributed by atoms with Crippen molar-refractivity contribution in [2.24, 2.45) is 0 Å². The Hall–Kier alpha value is -2.00. The molecule has 1 saturated heterocycles. The average molecular weight is 325 g/mol. The molecule has 2 unspecified atom stereocenters. The molecule has 2 atom stereocenters. The molecule has 0 radical (unpaired) electrons. The van der Waals surface area contributed by atoms with Crippen molar-refractivity contribution in [2.45, 2.75) is 37.8 Å². The maximum absolute atomic E-state index is 6.37. The molecule has 0 N–H and O–H groups in total. The molecule has 128 valence electrons. The van der Waals surface area contributed by atoms with Crippen molar-refractivity contribution < 1.29 is 9.47 Å². The van der Waals surface area contributed by atoms with E-state index in [2.05, 4.69) is 42.3 Å². The van der Waals surface area contributed by atoms with Crippen LogP contribution < -0.4 is 9.47 Å². The molecule has 24 heavy (non-hydrogen) atoms. The zero-order valence-corrected chi connectivity index (χ0v) is 14.7. The third-order valence-electron chi connectivity index (χ3n) is 4.92. The van der Waals surface area contributed by atoms with E-state index >= 15 is 0 Å². The second-order valence-electron chi connectivity index (χ2n) is 6.56. The zero-order chi connectivity index (χ0) is 16.8. The lowest BCUT2D eigenvalue weighted by atomic mass is 9.94. The molecule has 2 aromatic carbocycles. The Kier molecular flexibility index (Phi) is 5.76. The summed E-state index contributed by atoms with van der Waals surface area (Å²) < 4.78 is 11.6. The first kappa shape index (κ1) is 16.8. The molecule has 0 spiro atoms. The van der Waals surface area contributed by atoms with E-state index in [4.69, 9.17) is 9.47 Å². The van der Waals surface area contributed by atoms with Crippen LogP contribution in [0.5, 0.6) is 11.5 Å². The molecule has 1 fully saturated rings. The van der Waals surface area contributed by atoms with E-state index in [0.717, 1.165) is 17.9 Å². The standard InChI is InChI=1S/C21H27NO2/c1-22-15-7-6-10-18(22)16-21(17-8-4-3-5-9-17)24-20-13-11-19(23-2)12-14-20/h3-5,8-9,11-14,18,21H,6-7,10,15-16H2,1-2H3. The molecule has 1 aliphatic rings. The molecular formula is C21H27NO2. The minimum Gasteiger partial charge on any atom is -0.497 e. The second kappa shape index (κ2) is 8.20. The fourth-order valence-corrected chi connectivity index (χ4v) is 3.43. The topological polar surface area (TPSA) is 21.7 Å². The van der Waals surface area contributed by atoms with Gasteiger partial charge in [0.05, 0.1) is 7.11 Å². The quantitative estimate of drug-likeness (QED) is 0.769. The van der Waals surface area contributed by atoms with Gasteiger partial charge in [-0.25, -0.2) is 0 Å². The summed E-state index contributed by atoms with van der Waals surface area (Å²) in [7, 11) is 3.92. The van der Waals surface area contributed by atoms with Crippen LogP contribution in [0.4, 0.5) is 0 Å². The van der Waals surface area contributed by atoms with Crippen molar-refractivity contribution in [1.29, 1.82) is 0 Å². The number of hydrogen-bond donors (Lipinski definition) is 0. The molecule has 0 bridgehead atoms. The molecule has 3 heteroatoms. The van der Waals surface area contributed by atoms with Gasteiger partial charge in [-0.15, -0.1) is 0 Å². The minimum atomic E-state index is 0.0742. The van der Waals surface area contributed by atoms with Crippen LogP contribution in [0, 0.1) is 0 Å².